The van der Waals surface area contributed by atoms with Crippen LogP contribution in [-0.2, 0) is 0 Å². The molecule has 0 radical (unpaired) electrons. The van der Waals surface area contributed by atoms with Gasteiger partial charge in [-0.1, -0.05) is 78.3 Å². The third kappa shape index (κ3) is 2.15. The Balaban J connectivity index is 1.93. The van der Waals surface area contributed by atoms with E-state index in [1.54, 1.807) is 0 Å². The number of para-hydroxylation sites is 1. The first-order valence-corrected chi connectivity index (χ1v) is 7.70. The van der Waals surface area contributed by atoms with E-state index in [1.165, 1.54) is 5.56 Å². The van der Waals surface area contributed by atoms with Gasteiger partial charge in [0, 0.05) is 5.02 Å². The maximum atomic E-state index is 6.47. The van der Waals surface area contributed by atoms with Gasteiger partial charge in [0.05, 0.1) is 17.3 Å². The van der Waals surface area contributed by atoms with Crippen LogP contribution in [0.3, 0.4) is 0 Å². The average molecular weight is 304 g/mol. The molecule has 3 aromatic carbocycles. The quantitative estimate of drug-likeness (QED) is 0.584. The second-order valence-corrected chi connectivity index (χ2v) is 5.78. The molecule has 1 heterocycles. The van der Waals surface area contributed by atoms with Gasteiger partial charge in [-0.3, -0.25) is 4.99 Å². The lowest BCUT2D eigenvalue weighted by molar-refractivity contribution is 1.11. The predicted molar refractivity (Wildman–Crippen MR) is 92.4 cm³/mol. The van der Waals surface area contributed by atoms with Crippen LogP contribution < -0.4 is 0 Å². The summed E-state index contributed by atoms with van der Waals surface area (Å²) in [5, 5.41) is 0.785. The summed E-state index contributed by atoms with van der Waals surface area (Å²) >= 11 is 6.47. The summed E-state index contributed by atoms with van der Waals surface area (Å²) in [6.45, 7) is 0. The SMILES string of the molecule is Clc1ccccc1C1C(c2ccccc2)=Nc2ccccc21. The summed E-state index contributed by atoms with van der Waals surface area (Å²) in [5.41, 5.74) is 5.57. The molecule has 106 valence electrons. The van der Waals surface area contributed by atoms with Crippen molar-refractivity contribution in [1.82, 2.24) is 0 Å². The molecule has 22 heavy (non-hydrogen) atoms. The zero-order valence-corrected chi connectivity index (χ0v) is 12.7. The van der Waals surface area contributed by atoms with E-state index in [0.717, 1.165) is 27.5 Å². The normalized spacial score (nSPS) is 16.2. The van der Waals surface area contributed by atoms with Crippen LogP contribution in [0.1, 0.15) is 22.6 Å². The van der Waals surface area contributed by atoms with Crippen LogP contribution in [0.5, 0.6) is 0 Å². The van der Waals surface area contributed by atoms with E-state index in [0.29, 0.717) is 0 Å². The first-order valence-electron chi connectivity index (χ1n) is 7.32. The second kappa shape index (κ2) is 5.43. The molecule has 0 spiro atoms. The summed E-state index contributed by atoms with van der Waals surface area (Å²) in [7, 11) is 0. The van der Waals surface area contributed by atoms with Crippen LogP contribution >= 0.6 is 11.6 Å². The predicted octanol–water partition coefficient (Wildman–Crippen LogP) is 5.61. The van der Waals surface area contributed by atoms with Crippen LogP contribution in [0.15, 0.2) is 83.9 Å². The number of nitrogens with zero attached hydrogens (tertiary/aromatic N) is 1. The van der Waals surface area contributed by atoms with Gasteiger partial charge >= 0.3 is 0 Å². The molecule has 0 saturated carbocycles. The maximum absolute atomic E-state index is 6.47. The van der Waals surface area contributed by atoms with E-state index in [2.05, 4.69) is 36.4 Å². The molecule has 0 bridgehead atoms. The van der Waals surface area contributed by atoms with E-state index >= 15 is 0 Å². The Morgan fingerprint density at radius 2 is 1.32 bits per heavy atom. The van der Waals surface area contributed by atoms with Gasteiger partial charge in [0.15, 0.2) is 0 Å². The van der Waals surface area contributed by atoms with Gasteiger partial charge in [-0.25, -0.2) is 0 Å². The lowest BCUT2D eigenvalue weighted by Gasteiger charge is -2.17. The molecule has 0 aromatic heterocycles. The Morgan fingerprint density at radius 3 is 2.09 bits per heavy atom. The molecule has 4 rings (SSSR count). The Morgan fingerprint density at radius 1 is 0.682 bits per heavy atom. The fourth-order valence-corrected chi connectivity index (χ4v) is 3.28. The number of hydrogen-bond donors (Lipinski definition) is 0. The van der Waals surface area contributed by atoms with Crippen LogP contribution in [0.25, 0.3) is 0 Å². The zero-order chi connectivity index (χ0) is 14.9. The second-order valence-electron chi connectivity index (χ2n) is 5.38. The molecule has 1 aliphatic heterocycles. The van der Waals surface area contributed by atoms with E-state index in [1.807, 2.05) is 42.5 Å². The minimum atomic E-state index is 0.0901. The molecule has 1 atom stereocenters. The number of rotatable bonds is 2. The molecule has 3 aromatic rings. The van der Waals surface area contributed by atoms with E-state index in [9.17, 15) is 0 Å². The Bertz CT molecular complexity index is 852. The van der Waals surface area contributed by atoms with Crippen molar-refractivity contribution in [3.05, 3.63) is 101 Å². The maximum Gasteiger partial charge on any atom is 0.0675 e. The first kappa shape index (κ1) is 13.3. The highest BCUT2D eigenvalue weighted by molar-refractivity contribution is 6.32. The summed E-state index contributed by atoms with van der Waals surface area (Å²) in [6, 6.07) is 26.7. The monoisotopic (exact) mass is 303 g/mol. The van der Waals surface area contributed by atoms with Crippen molar-refractivity contribution in [3.63, 3.8) is 0 Å². The highest BCUT2D eigenvalue weighted by Crippen LogP contribution is 2.43. The van der Waals surface area contributed by atoms with Crippen molar-refractivity contribution in [2.75, 3.05) is 0 Å². The van der Waals surface area contributed by atoms with Gasteiger partial charge in [-0.2, -0.15) is 0 Å². The molecule has 1 aliphatic rings. The van der Waals surface area contributed by atoms with Gasteiger partial charge in [-0.15, -0.1) is 0 Å². The van der Waals surface area contributed by atoms with E-state index in [4.69, 9.17) is 16.6 Å². The topological polar surface area (TPSA) is 12.4 Å². The molecule has 2 heteroatoms. The third-order valence-electron chi connectivity index (χ3n) is 4.05. The molecule has 0 aliphatic carbocycles. The molecule has 1 unspecified atom stereocenters. The molecule has 0 amide bonds. The smallest absolute Gasteiger partial charge is 0.0675 e. The standard InChI is InChI=1S/C20H14ClN/c21-17-12-6-4-10-15(17)19-16-11-5-7-13-18(16)22-20(19)14-8-2-1-3-9-14/h1-13,19H. The minimum Gasteiger partial charge on any atom is -0.252 e. The summed E-state index contributed by atoms with van der Waals surface area (Å²) in [6.07, 6.45) is 0. The van der Waals surface area contributed by atoms with Crippen molar-refractivity contribution in [2.45, 2.75) is 5.92 Å². The van der Waals surface area contributed by atoms with Gasteiger partial charge in [0.1, 0.15) is 0 Å². The van der Waals surface area contributed by atoms with Crippen LogP contribution in [-0.4, -0.2) is 5.71 Å². The van der Waals surface area contributed by atoms with E-state index < -0.39 is 0 Å². The number of halogens is 1. The molecule has 0 saturated heterocycles. The number of aliphatic imine (C=N–C) groups is 1. The van der Waals surface area contributed by atoms with Gasteiger partial charge < -0.3 is 0 Å². The van der Waals surface area contributed by atoms with Gasteiger partial charge in [0.2, 0.25) is 0 Å². The van der Waals surface area contributed by atoms with Crippen molar-refractivity contribution >= 4 is 23.0 Å². The average Bonchev–Trinajstić information content (AvgIpc) is 2.95. The van der Waals surface area contributed by atoms with Crippen LogP contribution in [0.2, 0.25) is 5.02 Å². The van der Waals surface area contributed by atoms with Crippen LogP contribution in [0, 0.1) is 0 Å². The highest BCUT2D eigenvalue weighted by Gasteiger charge is 2.30. The fourth-order valence-electron chi connectivity index (χ4n) is 3.04. The Hall–Kier alpha value is -2.38. The zero-order valence-electron chi connectivity index (χ0n) is 11.9. The summed E-state index contributed by atoms with van der Waals surface area (Å²) in [4.78, 5) is 4.88. The van der Waals surface area contributed by atoms with Crippen molar-refractivity contribution in [2.24, 2.45) is 4.99 Å². The molecular formula is C20H14ClN. The largest absolute Gasteiger partial charge is 0.252 e. The number of fused-ring (bicyclic) bond motifs is 1. The van der Waals surface area contributed by atoms with Crippen molar-refractivity contribution in [3.8, 4) is 0 Å². The molecular weight excluding hydrogens is 290 g/mol. The summed E-state index contributed by atoms with van der Waals surface area (Å²) < 4.78 is 0. The first-order chi connectivity index (χ1) is 10.8. The van der Waals surface area contributed by atoms with Crippen molar-refractivity contribution < 1.29 is 0 Å². The Labute approximate surface area is 134 Å². The fraction of sp³-hybridized carbons (Fsp3) is 0.0500. The van der Waals surface area contributed by atoms with Crippen molar-refractivity contribution in [1.29, 1.82) is 0 Å². The lowest BCUT2D eigenvalue weighted by Crippen LogP contribution is -2.12. The number of benzene rings is 3. The molecule has 1 nitrogen and oxygen atoms in total. The van der Waals surface area contributed by atoms with Gasteiger partial charge in [0.25, 0.3) is 0 Å². The summed E-state index contributed by atoms with van der Waals surface area (Å²) in [5.74, 6) is 0.0901. The Kier molecular flexibility index (Phi) is 3.28. The molecule has 0 N–H and O–H groups in total. The molecule has 0 fully saturated rings. The van der Waals surface area contributed by atoms with Gasteiger partial charge in [-0.05, 0) is 28.8 Å². The van der Waals surface area contributed by atoms with E-state index in [-0.39, 0.29) is 5.92 Å². The minimum absolute atomic E-state index is 0.0901. The highest BCUT2D eigenvalue weighted by atomic mass is 35.5. The number of hydrogen-bond acceptors (Lipinski definition) is 1. The lowest BCUT2D eigenvalue weighted by atomic mass is 9.86. The van der Waals surface area contributed by atoms with Crippen LogP contribution in [0.4, 0.5) is 5.69 Å². The third-order valence-corrected chi connectivity index (χ3v) is 4.39.